The fraction of sp³-hybridized carbons (Fsp3) is 0.722. The monoisotopic (exact) mass is 330 g/mol. The second-order valence-corrected chi connectivity index (χ2v) is 7.36. The van der Waals surface area contributed by atoms with E-state index in [0.29, 0.717) is 12.2 Å². The van der Waals surface area contributed by atoms with Crippen molar-refractivity contribution in [2.45, 2.75) is 51.4 Å². The predicted octanol–water partition coefficient (Wildman–Crippen LogP) is 1.76. The Morgan fingerprint density at radius 2 is 1.75 bits per heavy atom. The SMILES string of the molecule is O=C(c1n[nH]c2c1CCC2)N1CCCC(C(=O)N2CCCCC2)C1. The smallest absolute Gasteiger partial charge is 0.274 e. The third-order valence-electron chi connectivity index (χ3n) is 5.73. The van der Waals surface area contributed by atoms with E-state index in [9.17, 15) is 9.59 Å². The number of nitrogens with zero attached hydrogens (tertiary/aromatic N) is 3. The molecule has 1 atom stereocenters. The molecule has 1 aliphatic carbocycles. The normalized spacial score (nSPS) is 24.1. The molecule has 1 aromatic heterocycles. The lowest BCUT2D eigenvalue weighted by atomic mass is 9.95. The van der Waals surface area contributed by atoms with E-state index in [0.717, 1.165) is 75.8 Å². The van der Waals surface area contributed by atoms with Gasteiger partial charge in [-0.15, -0.1) is 0 Å². The first kappa shape index (κ1) is 15.7. The second kappa shape index (κ2) is 6.57. The zero-order chi connectivity index (χ0) is 16.5. The van der Waals surface area contributed by atoms with Gasteiger partial charge >= 0.3 is 0 Å². The van der Waals surface area contributed by atoms with Crippen molar-refractivity contribution in [3.05, 3.63) is 17.0 Å². The van der Waals surface area contributed by atoms with Crippen LogP contribution < -0.4 is 0 Å². The molecular formula is C18H26N4O2. The lowest BCUT2D eigenvalue weighted by Crippen LogP contribution is -2.48. The zero-order valence-corrected chi connectivity index (χ0v) is 14.2. The van der Waals surface area contributed by atoms with E-state index < -0.39 is 0 Å². The summed E-state index contributed by atoms with van der Waals surface area (Å²) in [6, 6.07) is 0. The van der Waals surface area contributed by atoms with Crippen LogP contribution in [0.2, 0.25) is 0 Å². The topological polar surface area (TPSA) is 69.3 Å². The van der Waals surface area contributed by atoms with E-state index in [4.69, 9.17) is 0 Å². The number of carbonyl (C=O) groups is 2. The summed E-state index contributed by atoms with van der Waals surface area (Å²) in [5.41, 5.74) is 2.81. The third-order valence-corrected chi connectivity index (χ3v) is 5.73. The molecule has 3 heterocycles. The zero-order valence-electron chi connectivity index (χ0n) is 14.2. The van der Waals surface area contributed by atoms with Crippen molar-refractivity contribution in [2.75, 3.05) is 26.2 Å². The minimum absolute atomic E-state index is 0.00513. The van der Waals surface area contributed by atoms with Gasteiger partial charge < -0.3 is 9.80 Å². The lowest BCUT2D eigenvalue weighted by Gasteiger charge is -2.36. The molecule has 130 valence electrons. The molecule has 0 radical (unpaired) electrons. The Morgan fingerprint density at radius 1 is 0.958 bits per heavy atom. The van der Waals surface area contributed by atoms with Crippen LogP contribution in [-0.2, 0) is 17.6 Å². The van der Waals surface area contributed by atoms with E-state index in [1.54, 1.807) is 0 Å². The van der Waals surface area contributed by atoms with Crippen LogP contribution in [0, 0.1) is 5.92 Å². The number of fused-ring (bicyclic) bond motifs is 1. The van der Waals surface area contributed by atoms with Gasteiger partial charge in [0.05, 0.1) is 5.92 Å². The molecule has 1 aromatic rings. The average Bonchev–Trinajstić information content (AvgIpc) is 3.25. The summed E-state index contributed by atoms with van der Waals surface area (Å²) in [7, 11) is 0. The van der Waals surface area contributed by atoms with Gasteiger partial charge in [0.25, 0.3) is 5.91 Å². The summed E-state index contributed by atoms with van der Waals surface area (Å²) in [5.74, 6) is 0.220. The van der Waals surface area contributed by atoms with Crippen molar-refractivity contribution < 1.29 is 9.59 Å². The van der Waals surface area contributed by atoms with E-state index in [1.807, 2.05) is 9.80 Å². The van der Waals surface area contributed by atoms with Crippen molar-refractivity contribution in [2.24, 2.45) is 5.92 Å². The molecular weight excluding hydrogens is 304 g/mol. The highest BCUT2D eigenvalue weighted by Crippen LogP contribution is 2.26. The van der Waals surface area contributed by atoms with Crippen molar-refractivity contribution in [3.8, 4) is 0 Å². The highest BCUT2D eigenvalue weighted by molar-refractivity contribution is 5.94. The minimum Gasteiger partial charge on any atom is -0.342 e. The van der Waals surface area contributed by atoms with Crippen LogP contribution >= 0.6 is 0 Å². The first-order valence-electron chi connectivity index (χ1n) is 9.38. The van der Waals surface area contributed by atoms with Crippen molar-refractivity contribution in [1.29, 1.82) is 0 Å². The van der Waals surface area contributed by atoms with Crippen molar-refractivity contribution >= 4 is 11.8 Å². The summed E-state index contributed by atoms with van der Waals surface area (Å²) in [4.78, 5) is 29.5. The molecule has 0 bridgehead atoms. The lowest BCUT2D eigenvalue weighted by molar-refractivity contribution is -0.137. The average molecular weight is 330 g/mol. The van der Waals surface area contributed by atoms with Crippen molar-refractivity contribution in [3.63, 3.8) is 0 Å². The fourth-order valence-corrected chi connectivity index (χ4v) is 4.38. The van der Waals surface area contributed by atoms with Crippen LogP contribution in [0.5, 0.6) is 0 Å². The Labute approximate surface area is 142 Å². The summed E-state index contributed by atoms with van der Waals surface area (Å²) < 4.78 is 0. The van der Waals surface area contributed by atoms with Crippen LogP contribution in [0.25, 0.3) is 0 Å². The van der Waals surface area contributed by atoms with Gasteiger partial charge in [-0.1, -0.05) is 0 Å². The predicted molar refractivity (Wildman–Crippen MR) is 89.7 cm³/mol. The Kier molecular flexibility index (Phi) is 4.29. The Balaban J connectivity index is 1.44. The number of aromatic nitrogens is 2. The molecule has 6 heteroatoms. The minimum atomic E-state index is -0.0345. The van der Waals surface area contributed by atoms with Crippen LogP contribution in [0.4, 0.5) is 0 Å². The first-order chi connectivity index (χ1) is 11.7. The Morgan fingerprint density at radius 3 is 2.58 bits per heavy atom. The van der Waals surface area contributed by atoms with E-state index in [1.165, 1.54) is 6.42 Å². The van der Waals surface area contributed by atoms with Crippen LogP contribution in [-0.4, -0.2) is 58.0 Å². The molecule has 24 heavy (non-hydrogen) atoms. The number of carbonyl (C=O) groups excluding carboxylic acids is 2. The standard InChI is InChI=1S/C18H26N4O2/c23-17(21-9-2-1-3-10-21)13-6-5-11-22(12-13)18(24)16-14-7-4-8-15(14)19-20-16/h13H,1-12H2,(H,19,20). The number of likely N-dealkylation sites (tertiary alicyclic amines) is 2. The molecule has 1 N–H and O–H groups in total. The molecule has 4 rings (SSSR count). The quantitative estimate of drug-likeness (QED) is 0.898. The number of aromatic amines is 1. The molecule has 2 aliphatic heterocycles. The van der Waals surface area contributed by atoms with Crippen LogP contribution in [0.1, 0.15) is 60.3 Å². The van der Waals surface area contributed by atoms with Gasteiger partial charge in [-0.2, -0.15) is 5.10 Å². The highest BCUT2D eigenvalue weighted by Gasteiger charge is 2.34. The number of H-pyrrole nitrogens is 1. The molecule has 6 nitrogen and oxygen atoms in total. The molecule has 2 amide bonds. The number of nitrogens with one attached hydrogen (secondary N) is 1. The first-order valence-corrected chi connectivity index (χ1v) is 9.38. The summed E-state index contributed by atoms with van der Waals surface area (Å²) in [5, 5.41) is 7.28. The maximum atomic E-state index is 12.9. The summed E-state index contributed by atoms with van der Waals surface area (Å²) in [6.07, 6.45) is 8.29. The number of hydrogen-bond acceptors (Lipinski definition) is 3. The highest BCUT2D eigenvalue weighted by atomic mass is 16.2. The van der Waals surface area contributed by atoms with Gasteiger partial charge in [-0.3, -0.25) is 14.7 Å². The van der Waals surface area contributed by atoms with Gasteiger partial charge in [-0.05, 0) is 51.4 Å². The van der Waals surface area contributed by atoms with Gasteiger partial charge in [0.15, 0.2) is 5.69 Å². The summed E-state index contributed by atoms with van der Waals surface area (Å²) in [6.45, 7) is 3.06. The van der Waals surface area contributed by atoms with E-state index >= 15 is 0 Å². The van der Waals surface area contributed by atoms with Crippen LogP contribution in [0.3, 0.4) is 0 Å². The molecule has 0 saturated carbocycles. The van der Waals surface area contributed by atoms with Crippen LogP contribution in [0.15, 0.2) is 0 Å². The third kappa shape index (κ3) is 2.82. The molecule has 0 aromatic carbocycles. The van der Waals surface area contributed by atoms with Gasteiger partial charge in [0, 0.05) is 37.4 Å². The van der Waals surface area contributed by atoms with Gasteiger partial charge in [0.2, 0.25) is 5.91 Å². The Hall–Kier alpha value is -1.85. The maximum Gasteiger partial charge on any atom is 0.274 e. The van der Waals surface area contributed by atoms with E-state index in [2.05, 4.69) is 10.2 Å². The molecule has 2 saturated heterocycles. The molecule has 2 fully saturated rings. The number of amides is 2. The largest absolute Gasteiger partial charge is 0.342 e. The number of piperidine rings is 2. The van der Waals surface area contributed by atoms with E-state index in [-0.39, 0.29) is 17.7 Å². The van der Waals surface area contributed by atoms with Crippen molar-refractivity contribution in [1.82, 2.24) is 20.0 Å². The number of rotatable bonds is 2. The second-order valence-electron chi connectivity index (χ2n) is 7.36. The van der Waals surface area contributed by atoms with Gasteiger partial charge in [0.1, 0.15) is 0 Å². The molecule has 1 unspecified atom stereocenters. The molecule has 0 spiro atoms. The maximum absolute atomic E-state index is 12.9. The Bertz CT molecular complexity index is 633. The van der Waals surface area contributed by atoms with Gasteiger partial charge in [-0.25, -0.2) is 0 Å². The summed E-state index contributed by atoms with van der Waals surface area (Å²) >= 11 is 0. The number of hydrogen-bond donors (Lipinski definition) is 1. The molecule has 3 aliphatic rings. The fourth-order valence-electron chi connectivity index (χ4n) is 4.38. The number of aryl methyl sites for hydroxylation is 1.